The Bertz CT molecular complexity index is 770. The molecule has 0 bridgehead atoms. The van der Waals surface area contributed by atoms with Crippen molar-refractivity contribution in [2.75, 3.05) is 13.3 Å². The number of aromatic amines is 1. The third-order valence-electron chi connectivity index (χ3n) is 3.59. The monoisotopic (exact) mass is 364 g/mol. The number of aromatic nitrogens is 1. The highest BCUT2D eigenvalue weighted by Crippen LogP contribution is 2.42. The van der Waals surface area contributed by atoms with Crippen molar-refractivity contribution in [1.82, 2.24) is 9.88 Å². The first kappa shape index (κ1) is 14.4. The van der Waals surface area contributed by atoms with Gasteiger partial charge in [-0.2, -0.15) is 0 Å². The lowest BCUT2D eigenvalue weighted by Gasteiger charge is -2.19. The fourth-order valence-corrected chi connectivity index (χ4v) is 3.77. The van der Waals surface area contributed by atoms with Gasteiger partial charge in [-0.05, 0) is 24.0 Å². The SMILES string of the molecule is CSC1c2c(cc(=O)[nH]c2-c2ccc(Br)cc2)C(=O)N1C. The number of pyridine rings is 1. The highest BCUT2D eigenvalue weighted by molar-refractivity contribution is 9.10. The Balaban J connectivity index is 2.28. The van der Waals surface area contributed by atoms with Crippen molar-refractivity contribution in [3.8, 4) is 11.3 Å². The zero-order chi connectivity index (χ0) is 15.1. The molecule has 6 heteroatoms. The van der Waals surface area contributed by atoms with Crippen LogP contribution in [0.3, 0.4) is 0 Å². The number of thioether (sulfide) groups is 1. The molecule has 0 fully saturated rings. The van der Waals surface area contributed by atoms with Crippen LogP contribution in [0.1, 0.15) is 21.3 Å². The number of nitrogens with one attached hydrogen (secondary N) is 1. The molecule has 0 radical (unpaired) electrons. The molecular weight excluding hydrogens is 352 g/mol. The van der Waals surface area contributed by atoms with E-state index in [9.17, 15) is 9.59 Å². The summed E-state index contributed by atoms with van der Waals surface area (Å²) >= 11 is 4.98. The van der Waals surface area contributed by atoms with Gasteiger partial charge in [-0.25, -0.2) is 0 Å². The minimum Gasteiger partial charge on any atom is -0.325 e. The van der Waals surface area contributed by atoms with Crippen LogP contribution >= 0.6 is 27.7 Å². The van der Waals surface area contributed by atoms with E-state index in [4.69, 9.17) is 0 Å². The summed E-state index contributed by atoms with van der Waals surface area (Å²) in [6.45, 7) is 0. The highest BCUT2D eigenvalue weighted by atomic mass is 79.9. The Kier molecular flexibility index (Phi) is 3.67. The maximum absolute atomic E-state index is 12.3. The van der Waals surface area contributed by atoms with E-state index >= 15 is 0 Å². The van der Waals surface area contributed by atoms with Gasteiger partial charge in [-0.1, -0.05) is 28.1 Å². The van der Waals surface area contributed by atoms with Crippen LogP contribution in [0.2, 0.25) is 0 Å². The molecule has 108 valence electrons. The zero-order valence-electron chi connectivity index (χ0n) is 11.5. The number of carbonyl (C=O) groups is 1. The lowest BCUT2D eigenvalue weighted by molar-refractivity contribution is 0.0813. The van der Waals surface area contributed by atoms with Crippen molar-refractivity contribution in [3.63, 3.8) is 0 Å². The first-order chi connectivity index (χ1) is 10.0. The van der Waals surface area contributed by atoms with Crippen LogP contribution in [0.4, 0.5) is 0 Å². The number of hydrogen-bond acceptors (Lipinski definition) is 3. The molecule has 1 atom stereocenters. The predicted molar refractivity (Wildman–Crippen MR) is 88.5 cm³/mol. The summed E-state index contributed by atoms with van der Waals surface area (Å²) in [5.74, 6) is -0.103. The van der Waals surface area contributed by atoms with Crippen molar-refractivity contribution in [1.29, 1.82) is 0 Å². The van der Waals surface area contributed by atoms with Gasteiger partial charge in [0.2, 0.25) is 5.56 Å². The number of carbonyl (C=O) groups excluding carboxylic acids is 1. The number of fused-ring (bicyclic) bond motifs is 1. The number of benzene rings is 1. The first-order valence-electron chi connectivity index (χ1n) is 6.36. The van der Waals surface area contributed by atoms with Gasteiger partial charge in [-0.15, -0.1) is 11.8 Å². The topological polar surface area (TPSA) is 53.2 Å². The summed E-state index contributed by atoms with van der Waals surface area (Å²) in [7, 11) is 1.76. The van der Waals surface area contributed by atoms with Gasteiger partial charge < -0.3 is 9.88 Å². The third-order valence-corrected chi connectivity index (χ3v) is 5.12. The van der Waals surface area contributed by atoms with Crippen LogP contribution in [-0.4, -0.2) is 29.1 Å². The summed E-state index contributed by atoms with van der Waals surface area (Å²) in [5, 5.41) is -0.0806. The van der Waals surface area contributed by atoms with E-state index in [0.29, 0.717) is 5.56 Å². The van der Waals surface area contributed by atoms with E-state index in [2.05, 4.69) is 20.9 Å². The summed E-state index contributed by atoms with van der Waals surface area (Å²) in [4.78, 5) is 28.8. The molecule has 1 unspecified atom stereocenters. The van der Waals surface area contributed by atoms with E-state index in [-0.39, 0.29) is 16.8 Å². The molecule has 1 aromatic heterocycles. The summed E-state index contributed by atoms with van der Waals surface area (Å²) < 4.78 is 0.968. The van der Waals surface area contributed by atoms with E-state index in [1.165, 1.54) is 6.07 Å². The molecular formula is C15H13BrN2O2S. The molecule has 0 spiro atoms. The minimum atomic E-state index is -0.254. The van der Waals surface area contributed by atoms with Gasteiger partial charge in [0.1, 0.15) is 5.37 Å². The predicted octanol–water partition coefficient (Wildman–Crippen LogP) is 3.25. The number of nitrogens with zero attached hydrogens (tertiary/aromatic N) is 1. The molecule has 1 amide bonds. The number of halogens is 1. The third kappa shape index (κ3) is 2.32. The lowest BCUT2D eigenvalue weighted by atomic mass is 10.0. The summed E-state index contributed by atoms with van der Waals surface area (Å²) in [6.07, 6.45) is 1.96. The van der Waals surface area contributed by atoms with E-state index in [0.717, 1.165) is 21.3 Å². The smallest absolute Gasteiger partial charge is 0.255 e. The van der Waals surface area contributed by atoms with Gasteiger partial charge in [0.05, 0.1) is 11.3 Å². The normalized spacial score (nSPS) is 17.2. The summed E-state index contributed by atoms with van der Waals surface area (Å²) in [6, 6.07) is 9.08. The second kappa shape index (κ2) is 5.35. The van der Waals surface area contributed by atoms with Gasteiger partial charge in [0, 0.05) is 23.2 Å². The van der Waals surface area contributed by atoms with Crippen molar-refractivity contribution in [3.05, 3.63) is 56.3 Å². The maximum atomic E-state index is 12.3. The molecule has 2 aromatic rings. The van der Waals surface area contributed by atoms with Crippen molar-refractivity contribution >= 4 is 33.6 Å². The molecule has 21 heavy (non-hydrogen) atoms. The fraction of sp³-hybridized carbons (Fsp3) is 0.200. The molecule has 0 aliphatic carbocycles. The number of hydrogen-bond donors (Lipinski definition) is 1. The van der Waals surface area contributed by atoms with E-state index in [1.54, 1.807) is 23.7 Å². The van der Waals surface area contributed by atoms with Gasteiger partial charge in [0.25, 0.3) is 5.91 Å². The van der Waals surface area contributed by atoms with Gasteiger partial charge >= 0.3 is 0 Å². The lowest BCUT2D eigenvalue weighted by Crippen LogP contribution is -2.21. The Labute approximate surface area is 134 Å². The molecule has 3 rings (SSSR count). The van der Waals surface area contributed by atoms with Crippen LogP contribution in [-0.2, 0) is 0 Å². The molecule has 1 aliphatic rings. The van der Waals surface area contributed by atoms with Crippen LogP contribution in [0.25, 0.3) is 11.3 Å². The second-order valence-electron chi connectivity index (χ2n) is 4.85. The fourth-order valence-electron chi connectivity index (χ4n) is 2.61. The summed E-state index contributed by atoms with van der Waals surface area (Å²) in [5.41, 5.74) is 2.75. The largest absolute Gasteiger partial charge is 0.325 e. The quantitative estimate of drug-likeness (QED) is 0.889. The van der Waals surface area contributed by atoms with Crippen molar-refractivity contribution in [2.24, 2.45) is 0 Å². The van der Waals surface area contributed by atoms with Gasteiger partial charge in [-0.3, -0.25) is 9.59 Å². The van der Waals surface area contributed by atoms with E-state index < -0.39 is 0 Å². The molecule has 1 aliphatic heterocycles. The van der Waals surface area contributed by atoms with Crippen molar-refractivity contribution < 1.29 is 4.79 Å². The molecule has 1 aromatic carbocycles. The molecule has 2 heterocycles. The maximum Gasteiger partial charge on any atom is 0.255 e. The zero-order valence-corrected chi connectivity index (χ0v) is 13.9. The standard InChI is InChI=1S/C15H13BrN2O2S/c1-18-14(20)10-7-11(19)17-13(12(10)15(18)21-2)8-3-5-9(16)6-4-8/h3-7,15H,1-2H3,(H,17,19). The Morgan fingerprint density at radius 3 is 2.52 bits per heavy atom. The molecule has 0 saturated carbocycles. The molecule has 4 nitrogen and oxygen atoms in total. The minimum absolute atomic E-state index is 0.0806. The van der Waals surface area contributed by atoms with Gasteiger partial charge in [0.15, 0.2) is 0 Å². The molecule has 0 saturated heterocycles. The molecule has 1 N–H and O–H groups in total. The highest BCUT2D eigenvalue weighted by Gasteiger charge is 2.36. The second-order valence-corrected chi connectivity index (χ2v) is 6.68. The van der Waals surface area contributed by atoms with Crippen LogP contribution < -0.4 is 5.56 Å². The number of rotatable bonds is 2. The van der Waals surface area contributed by atoms with E-state index in [1.807, 2.05) is 30.5 Å². The van der Waals surface area contributed by atoms with Crippen LogP contribution in [0, 0.1) is 0 Å². The van der Waals surface area contributed by atoms with Crippen molar-refractivity contribution in [2.45, 2.75) is 5.37 Å². The Morgan fingerprint density at radius 1 is 1.24 bits per heavy atom. The van der Waals surface area contributed by atoms with Crippen LogP contribution in [0.15, 0.2) is 39.6 Å². The average Bonchev–Trinajstić information content (AvgIpc) is 2.71. The Hall–Kier alpha value is -1.53. The Morgan fingerprint density at radius 2 is 1.90 bits per heavy atom. The average molecular weight is 365 g/mol. The van der Waals surface area contributed by atoms with Crippen LogP contribution in [0.5, 0.6) is 0 Å². The number of H-pyrrole nitrogens is 1. The first-order valence-corrected chi connectivity index (χ1v) is 8.44. The number of amides is 1.